The summed E-state index contributed by atoms with van der Waals surface area (Å²) in [5.74, 6) is 0. The van der Waals surface area contributed by atoms with Crippen LogP contribution in [-0.4, -0.2) is 42.8 Å². The Morgan fingerprint density at radius 3 is 2.07 bits per heavy atom. The van der Waals surface area contributed by atoms with Crippen LogP contribution in [0.5, 0.6) is 0 Å². The van der Waals surface area contributed by atoms with Crippen LogP contribution in [0.4, 0.5) is 4.79 Å². The average molecular weight is 216 g/mol. The molecule has 0 saturated carbocycles. The molecule has 90 valence electrons. The lowest BCUT2D eigenvalue weighted by Crippen LogP contribution is -2.47. The van der Waals surface area contributed by atoms with E-state index in [9.17, 15) is 4.79 Å². The Kier molecular flexibility index (Phi) is 5.08. The maximum absolute atomic E-state index is 11.4. The van der Waals surface area contributed by atoms with Gasteiger partial charge in [-0.3, -0.25) is 0 Å². The topological polar surface area (TPSA) is 41.6 Å². The van der Waals surface area contributed by atoms with Crippen LogP contribution in [0.15, 0.2) is 0 Å². The molecule has 0 bridgehead atoms. The van der Waals surface area contributed by atoms with Gasteiger partial charge in [-0.05, 0) is 48.7 Å². The van der Waals surface area contributed by atoms with Gasteiger partial charge in [0.1, 0.15) is 5.60 Å². The number of alkyl carbamates (subject to hydrolysis) is 1. The highest BCUT2D eigenvalue weighted by molar-refractivity contribution is 5.68. The third-order valence-electron chi connectivity index (χ3n) is 2.28. The summed E-state index contributed by atoms with van der Waals surface area (Å²) in [5.41, 5.74) is -0.439. The maximum atomic E-state index is 11.4. The highest BCUT2D eigenvalue weighted by Crippen LogP contribution is 2.07. The SMILES string of the molecule is CC(NC(=O)OC(C)(C)C)C(C)N(C)C. The molecule has 0 aliphatic heterocycles. The van der Waals surface area contributed by atoms with Crippen LogP contribution < -0.4 is 5.32 Å². The molecule has 15 heavy (non-hydrogen) atoms. The highest BCUT2D eigenvalue weighted by Gasteiger charge is 2.20. The molecule has 1 amide bonds. The molecule has 0 aliphatic carbocycles. The Hall–Kier alpha value is -0.770. The van der Waals surface area contributed by atoms with Crippen molar-refractivity contribution in [3.8, 4) is 0 Å². The van der Waals surface area contributed by atoms with E-state index in [0.29, 0.717) is 0 Å². The van der Waals surface area contributed by atoms with Crippen LogP contribution in [0.2, 0.25) is 0 Å². The number of carbonyl (C=O) groups excluding carboxylic acids is 1. The number of amides is 1. The summed E-state index contributed by atoms with van der Waals surface area (Å²) in [6.07, 6.45) is -0.358. The minimum atomic E-state index is -0.439. The van der Waals surface area contributed by atoms with E-state index in [4.69, 9.17) is 4.74 Å². The first kappa shape index (κ1) is 14.2. The summed E-state index contributed by atoms with van der Waals surface area (Å²) in [4.78, 5) is 13.5. The summed E-state index contributed by atoms with van der Waals surface area (Å²) in [5, 5.41) is 2.81. The molecule has 0 aromatic rings. The standard InChI is InChI=1S/C11H24N2O2/c1-8(9(2)13(6)7)12-10(14)15-11(3,4)5/h8-9H,1-7H3,(H,12,14). The number of nitrogens with zero attached hydrogens (tertiary/aromatic N) is 1. The largest absolute Gasteiger partial charge is 0.444 e. The maximum Gasteiger partial charge on any atom is 0.407 e. The second-order valence-corrected chi connectivity index (χ2v) is 5.14. The van der Waals surface area contributed by atoms with Crippen LogP contribution in [0.3, 0.4) is 0 Å². The van der Waals surface area contributed by atoms with Crippen LogP contribution >= 0.6 is 0 Å². The van der Waals surface area contributed by atoms with E-state index in [-0.39, 0.29) is 18.2 Å². The van der Waals surface area contributed by atoms with Gasteiger partial charge >= 0.3 is 6.09 Å². The summed E-state index contributed by atoms with van der Waals surface area (Å²) in [6, 6.07) is 0.340. The number of carbonyl (C=O) groups is 1. The second-order valence-electron chi connectivity index (χ2n) is 5.14. The minimum Gasteiger partial charge on any atom is -0.444 e. The number of hydrogen-bond acceptors (Lipinski definition) is 3. The Balaban J connectivity index is 4.08. The molecule has 0 saturated heterocycles. The molecule has 4 nitrogen and oxygen atoms in total. The summed E-state index contributed by atoms with van der Waals surface area (Å²) < 4.78 is 5.17. The molecular weight excluding hydrogens is 192 g/mol. The van der Waals surface area contributed by atoms with E-state index in [2.05, 4.69) is 17.1 Å². The molecule has 0 rings (SSSR count). The Labute approximate surface area is 93.0 Å². The van der Waals surface area contributed by atoms with Gasteiger partial charge in [-0.2, -0.15) is 0 Å². The van der Waals surface area contributed by atoms with Crippen molar-refractivity contribution in [3.05, 3.63) is 0 Å². The first-order valence-corrected chi connectivity index (χ1v) is 5.29. The first-order chi connectivity index (χ1) is 6.63. The molecule has 0 fully saturated rings. The Bertz CT molecular complexity index is 209. The van der Waals surface area contributed by atoms with Gasteiger partial charge in [0.05, 0.1) is 0 Å². The normalized spacial score (nSPS) is 16.0. The molecule has 0 aromatic carbocycles. The zero-order valence-corrected chi connectivity index (χ0v) is 10.9. The first-order valence-electron chi connectivity index (χ1n) is 5.29. The van der Waals surface area contributed by atoms with E-state index in [1.165, 1.54) is 0 Å². The lowest BCUT2D eigenvalue weighted by atomic mass is 10.1. The highest BCUT2D eigenvalue weighted by atomic mass is 16.6. The van der Waals surface area contributed by atoms with Crippen molar-refractivity contribution in [2.75, 3.05) is 14.1 Å². The van der Waals surface area contributed by atoms with Gasteiger partial charge in [0.25, 0.3) is 0 Å². The molecule has 4 heteroatoms. The molecule has 0 radical (unpaired) electrons. The summed E-state index contributed by atoms with van der Waals surface area (Å²) in [6.45, 7) is 9.59. The Morgan fingerprint density at radius 2 is 1.73 bits per heavy atom. The van der Waals surface area contributed by atoms with Gasteiger partial charge in [0, 0.05) is 12.1 Å². The Morgan fingerprint density at radius 1 is 1.27 bits per heavy atom. The van der Waals surface area contributed by atoms with E-state index >= 15 is 0 Å². The van der Waals surface area contributed by atoms with Crippen LogP contribution in [0, 0.1) is 0 Å². The van der Waals surface area contributed by atoms with Crippen LogP contribution in [0.1, 0.15) is 34.6 Å². The molecular formula is C11H24N2O2. The van der Waals surface area contributed by atoms with Crippen molar-refractivity contribution in [3.63, 3.8) is 0 Å². The van der Waals surface area contributed by atoms with Gasteiger partial charge in [-0.15, -0.1) is 0 Å². The minimum absolute atomic E-state index is 0.0647. The van der Waals surface area contributed by atoms with Crippen molar-refractivity contribution < 1.29 is 9.53 Å². The smallest absolute Gasteiger partial charge is 0.407 e. The lowest BCUT2D eigenvalue weighted by molar-refractivity contribution is 0.0486. The van der Waals surface area contributed by atoms with Crippen molar-refractivity contribution >= 4 is 6.09 Å². The van der Waals surface area contributed by atoms with Gasteiger partial charge < -0.3 is 15.0 Å². The fourth-order valence-electron chi connectivity index (χ4n) is 1.06. The zero-order chi connectivity index (χ0) is 12.2. The van der Waals surface area contributed by atoms with Crippen molar-refractivity contribution in [1.82, 2.24) is 10.2 Å². The van der Waals surface area contributed by atoms with Gasteiger partial charge in [0.2, 0.25) is 0 Å². The van der Waals surface area contributed by atoms with Crippen molar-refractivity contribution in [2.24, 2.45) is 0 Å². The zero-order valence-electron chi connectivity index (χ0n) is 10.9. The number of nitrogens with one attached hydrogen (secondary N) is 1. The second kappa shape index (κ2) is 5.35. The monoisotopic (exact) mass is 216 g/mol. The quantitative estimate of drug-likeness (QED) is 0.783. The van der Waals surface area contributed by atoms with Crippen molar-refractivity contribution in [2.45, 2.75) is 52.3 Å². The fraction of sp³-hybridized carbons (Fsp3) is 0.909. The molecule has 0 aromatic heterocycles. The van der Waals surface area contributed by atoms with Gasteiger partial charge in [0.15, 0.2) is 0 Å². The average Bonchev–Trinajstić information content (AvgIpc) is 1.98. The molecule has 2 atom stereocenters. The molecule has 0 spiro atoms. The molecule has 2 unspecified atom stereocenters. The third kappa shape index (κ3) is 6.33. The number of rotatable bonds is 3. The van der Waals surface area contributed by atoms with E-state index in [1.54, 1.807) is 0 Å². The van der Waals surface area contributed by atoms with Crippen LogP contribution in [0.25, 0.3) is 0 Å². The third-order valence-corrected chi connectivity index (χ3v) is 2.28. The fourth-order valence-corrected chi connectivity index (χ4v) is 1.06. The van der Waals surface area contributed by atoms with E-state index < -0.39 is 5.60 Å². The predicted molar refractivity (Wildman–Crippen MR) is 62.0 cm³/mol. The van der Waals surface area contributed by atoms with E-state index in [0.717, 1.165) is 0 Å². The summed E-state index contributed by atoms with van der Waals surface area (Å²) in [7, 11) is 3.97. The number of likely N-dealkylation sites (N-methyl/N-ethyl adjacent to an activating group) is 1. The number of hydrogen-bond donors (Lipinski definition) is 1. The molecule has 1 N–H and O–H groups in total. The number of ether oxygens (including phenoxy) is 1. The van der Waals surface area contributed by atoms with Gasteiger partial charge in [-0.25, -0.2) is 4.79 Å². The molecule has 0 heterocycles. The van der Waals surface area contributed by atoms with Crippen molar-refractivity contribution in [1.29, 1.82) is 0 Å². The molecule has 0 aliphatic rings. The lowest BCUT2D eigenvalue weighted by Gasteiger charge is -2.28. The van der Waals surface area contributed by atoms with Gasteiger partial charge in [-0.1, -0.05) is 0 Å². The predicted octanol–water partition coefficient (Wildman–Crippen LogP) is 1.85. The van der Waals surface area contributed by atoms with E-state index in [1.807, 2.05) is 41.8 Å². The summed E-state index contributed by atoms with van der Waals surface area (Å²) >= 11 is 0. The van der Waals surface area contributed by atoms with Crippen LogP contribution in [-0.2, 0) is 4.74 Å².